The molecular weight excluding hydrogens is 213 g/mol. The average molecular weight is 225 g/mol. The molecule has 1 unspecified atom stereocenters. The number of phenolic OH excluding ortho intramolecular Hbond substituents is 1. The molecule has 1 aromatic carbocycles. The highest BCUT2D eigenvalue weighted by Crippen LogP contribution is 2.31. The molecule has 0 aliphatic carbocycles. The second-order valence-electron chi connectivity index (χ2n) is 3.96. The van der Waals surface area contributed by atoms with Gasteiger partial charge in [0.2, 0.25) is 5.67 Å². The molecule has 5 heteroatoms. The van der Waals surface area contributed by atoms with E-state index in [1.165, 1.54) is 12.1 Å². The van der Waals surface area contributed by atoms with Gasteiger partial charge in [-0.1, -0.05) is 6.07 Å². The van der Waals surface area contributed by atoms with Crippen molar-refractivity contribution >= 4 is 11.7 Å². The van der Waals surface area contributed by atoms with E-state index >= 15 is 0 Å². The van der Waals surface area contributed by atoms with Crippen LogP contribution in [0.15, 0.2) is 24.3 Å². The smallest absolute Gasteiger partial charge is 0.343 e. The average Bonchev–Trinajstić information content (AvgIpc) is 2.62. The predicted octanol–water partition coefficient (Wildman–Crippen LogP) is 1.40. The highest BCUT2D eigenvalue weighted by atomic mass is 19.1. The number of alkyl halides is 1. The van der Waals surface area contributed by atoms with Crippen LogP contribution in [0.2, 0.25) is 0 Å². The maximum Gasteiger partial charge on any atom is 0.343 e. The van der Waals surface area contributed by atoms with Crippen LogP contribution >= 0.6 is 0 Å². The fourth-order valence-electron chi connectivity index (χ4n) is 1.86. The van der Waals surface area contributed by atoms with Crippen molar-refractivity contribution in [3.8, 4) is 5.75 Å². The highest BCUT2D eigenvalue weighted by molar-refractivity contribution is 5.79. The second-order valence-corrected chi connectivity index (χ2v) is 3.96. The van der Waals surface area contributed by atoms with Crippen LogP contribution in [0.1, 0.15) is 6.42 Å². The van der Waals surface area contributed by atoms with E-state index in [-0.39, 0.29) is 18.7 Å². The summed E-state index contributed by atoms with van der Waals surface area (Å²) in [5.41, 5.74) is -1.54. The summed E-state index contributed by atoms with van der Waals surface area (Å²) in [6, 6.07) is 6.37. The molecule has 0 aromatic heterocycles. The van der Waals surface area contributed by atoms with E-state index in [9.17, 15) is 14.3 Å². The van der Waals surface area contributed by atoms with Gasteiger partial charge in [-0.2, -0.15) is 0 Å². The van der Waals surface area contributed by atoms with Gasteiger partial charge in [-0.3, -0.25) is 0 Å². The van der Waals surface area contributed by atoms with Gasteiger partial charge in [0.1, 0.15) is 5.75 Å². The molecule has 1 saturated heterocycles. The molecule has 86 valence electrons. The summed E-state index contributed by atoms with van der Waals surface area (Å²) in [7, 11) is 0. The number of carbonyl (C=O) groups is 1. The Morgan fingerprint density at radius 3 is 2.81 bits per heavy atom. The fourth-order valence-corrected chi connectivity index (χ4v) is 1.86. The largest absolute Gasteiger partial charge is 0.508 e. The molecule has 0 amide bonds. The molecule has 0 spiro atoms. The number of halogens is 1. The Labute approximate surface area is 91.9 Å². The minimum absolute atomic E-state index is 0.0298. The fraction of sp³-hybridized carbons (Fsp3) is 0.364. The Hall–Kier alpha value is -1.78. The lowest BCUT2D eigenvalue weighted by atomic mass is 10.1. The summed E-state index contributed by atoms with van der Waals surface area (Å²) in [5, 5.41) is 18.0. The first kappa shape index (κ1) is 10.7. The Kier molecular flexibility index (Phi) is 2.46. The molecular formula is C11H12FNO3. The number of phenols is 1. The molecule has 0 bridgehead atoms. The minimum Gasteiger partial charge on any atom is -0.508 e. The molecule has 1 fully saturated rings. The van der Waals surface area contributed by atoms with Crippen molar-refractivity contribution < 1.29 is 19.4 Å². The van der Waals surface area contributed by atoms with E-state index < -0.39 is 11.6 Å². The van der Waals surface area contributed by atoms with Crippen LogP contribution in [0, 0.1) is 0 Å². The third kappa shape index (κ3) is 1.80. The van der Waals surface area contributed by atoms with Crippen molar-refractivity contribution in [1.82, 2.24) is 0 Å². The number of hydrogen-bond acceptors (Lipinski definition) is 3. The molecule has 1 atom stereocenters. The van der Waals surface area contributed by atoms with Gasteiger partial charge in [0.15, 0.2) is 0 Å². The number of aliphatic carboxylic acids is 1. The number of carboxylic acids is 1. The maximum absolute atomic E-state index is 13.8. The van der Waals surface area contributed by atoms with Crippen LogP contribution < -0.4 is 4.90 Å². The Morgan fingerprint density at radius 1 is 1.50 bits per heavy atom. The van der Waals surface area contributed by atoms with Crippen molar-refractivity contribution in [2.45, 2.75) is 12.1 Å². The first-order valence-corrected chi connectivity index (χ1v) is 4.97. The van der Waals surface area contributed by atoms with Crippen LogP contribution in [-0.4, -0.2) is 34.9 Å². The molecule has 1 aliphatic heterocycles. The summed E-state index contributed by atoms with van der Waals surface area (Å²) in [6.45, 7) is 0.165. The van der Waals surface area contributed by atoms with E-state index in [4.69, 9.17) is 5.11 Å². The summed E-state index contributed by atoms with van der Waals surface area (Å²) in [4.78, 5) is 12.3. The number of aromatic hydroxyl groups is 1. The first-order valence-electron chi connectivity index (χ1n) is 4.97. The zero-order chi connectivity index (χ0) is 11.8. The zero-order valence-corrected chi connectivity index (χ0v) is 8.56. The molecule has 4 nitrogen and oxygen atoms in total. The molecule has 16 heavy (non-hydrogen) atoms. The Bertz CT molecular complexity index is 423. The summed E-state index contributed by atoms with van der Waals surface area (Å²) in [6.07, 6.45) is -0.0298. The Balaban J connectivity index is 2.18. The van der Waals surface area contributed by atoms with Crippen LogP contribution in [0.4, 0.5) is 10.1 Å². The molecule has 1 heterocycles. The van der Waals surface area contributed by atoms with Crippen LogP contribution in [0.25, 0.3) is 0 Å². The quantitative estimate of drug-likeness (QED) is 0.798. The van der Waals surface area contributed by atoms with E-state index in [1.807, 2.05) is 0 Å². The highest BCUT2D eigenvalue weighted by Gasteiger charge is 2.45. The van der Waals surface area contributed by atoms with Crippen LogP contribution in [0.3, 0.4) is 0 Å². The molecule has 2 rings (SSSR count). The maximum atomic E-state index is 13.8. The molecule has 1 aliphatic rings. The van der Waals surface area contributed by atoms with Crippen LogP contribution in [-0.2, 0) is 4.79 Å². The minimum atomic E-state index is -2.18. The van der Waals surface area contributed by atoms with Gasteiger partial charge in [0, 0.05) is 24.7 Å². The number of rotatable bonds is 2. The van der Waals surface area contributed by atoms with Crippen LogP contribution in [0.5, 0.6) is 5.75 Å². The third-order valence-corrected chi connectivity index (χ3v) is 2.80. The first-order chi connectivity index (χ1) is 7.51. The number of carboxylic acid groups (broad SMARTS) is 1. The molecule has 2 N–H and O–H groups in total. The lowest BCUT2D eigenvalue weighted by Gasteiger charge is -2.19. The van der Waals surface area contributed by atoms with Gasteiger partial charge in [-0.15, -0.1) is 0 Å². The number of anilines is 1. The van der Waals surface area contributed by atoms with Gasteiger partial charge in [0.05, 0.1) is 6.54 Å². The van der Waals surface area contributed by atoms with Crippen molar-refractivity contribution in [3.63, 3.8) is 0 Å². The summed E-state index contributed by atoms with van der Waals surface area (Å²) < 4.78 is 13.8. The lowest BCUT2D eigenvalue weighted by molar-refractivity contribution is -0.149. The number of benzene rings is 1. The third-order valence-electron chi connectivity index (χ3n) is 2.80. The van der Waals surface area contributed by atoms with Crippen molar-refractivity contribution in [2.75, 3.05) is 18.0 Å². The predicted molar refractivity (Wildman–Crippen MR) is 56.4 cm³/mol. The van der Waals surface area contributed by atoms with Gasteiger partial charge in [0.25, 0.3) is 0 Å². The number of hydrogen-bond donors (Lipinski definition) is 2. The standard InChI is InChI=1S/C11H12FNO3/c12-11(10(15)16)4-5-13(7-11)8-2-1-3-9(14)6-8/h1-3,6,14H,4-5,7H2,(H,15,16). The van der Waals surface area contributed by atoms with E-state index in [1.54, 1.807) is 17.0 Å². The van der Waals surface area contributed by atoms with Crippen molar-refractivity contribution in [1.29, 1.82) is 0 Å². The topological polar surface area (TPSA) is 60.8 Å². The second kappa shape index (κ2) is 3.66. The monoisotopic (exact) mass is 225 g/mol. The summed E-state index contributed by atoms with van der Waals surface area (Å²) >= 11 is 0. The zero-order valence-electron chi connectivity index (χ0n) is 8.56. The van der Waals surface area contributed by atoms with Gasteiger partial charge in [-0.25, -0.2) is 9.18 Å². The van der Waals surface area contributed by atoms with Crippen molar-refractivity contribution in [2.24, 2.45) is 0 Å². The molecule has 0 radical (unpaired) electrons. The van der Waals surface area contributed by atoms with E-state index in [2.05, 4.69) is 0 Å². The van der Waals surface area contributed by atoms with Gasteiger partial charge < -0.3 is 15.1 Å². The molecule has 0 saturated carbocycles. The Morgan fingerprint density at radius 2 is 2.25 bits per heavy atom. The van der Waals surface area contributed by atoms with E-state index in [0.717, 1.165) is 0 Å². The summed E-state index contributed by atoms with van der Waals surface area (Å²) in [5.74, 6) is -1.33. The van der Waals surface area contributed by atoms with Gasteiger partial charge in [-0.05, 0) is 12.1 Å². The van der Waals surface area contributed by atoms with Gasteiger partial charge >= 0.3 is 5.97 Å². The SMILES string of the molecule is O=C(O)C1(F)CCN(c2cccc(O)c2)C1. The normalized spacial score (nSPS) is 24.7. The van der Waals surface area contributed by atoms with Crippen molar-refractivity contribution in [3.05, 3.63) is 24.3 Å². The lowest BCUT2D eigenvalue weighted by Crippen LogP contribution is -2.36. The number of nitrogens with zero attached hydrogens (tertiary/aromatic N) is 1. The van der Waals surface area contributed by atoms with E-state index in [0.29, 0.717) is 12.2 Å². The molecule has 1 aromatic rings.